The summed E-state index contributed by atoms with van der Waals surface area (Å²) in [4.78, 5) is 14.5. The number of aryl methyl sites for hydroxylation is 1. The average Bonchev–Trinajstić information content (AvgIpc) is 3.02. The van der Waals surface area contributed by atoms with Crippen LogP contribution in [-0.4, -0.2) is 20.1 Å². The Kier molecular flexibility index (Phi) is 4.01. The quantitative estimate of drug-likeness (QED) is 0.576. The molecular weight excluding hydrogens is 296 g/mol. The number of nitro benzene ring substituents is 1. The Morgan fingerprint density at radius 2 is 2.00 bits per heavy atom. The van der Waals surface area contributed by atoms with E-state index in [1.807, 2.05) is 31.2 Å². The van der Waals surface area contributed by atoms with Gasteiger partial charge in [0.15, 0.2) is 11.6 Å². The summed E-state index contributed by atoms with van der Waals surface area (Å²) in [6, 6.07) is 13.8. The summed E-state index contributed by atoms with van der Waals surface area (Å²) in [7, 11) is 0. The second-order valence-corrected chi connectivity index (χ2v) is 5.01. The zero-order valence-corrected chi connectivity index (χ0v) is 12.4. The Morgan fingerprint density at radius 1 is 1.22 bits per heavy atom. The smallest absolute Gasteiger partial charge is 0.269 e. The van der Waals surface area contributed by atoms with Gasteiger partial charge in [-0.25, -0.2) is 4.98 Å². The van der Waals surface area contributed by atoms with Crippen LogP contribution in [0.2, 0.25) is 0 Å². The number of ether oxygens (including phenoxy) is 1. The van der Waals surface area contributed by atoms with Crippen LogP contribution >= 0.6 is 0 Å². The predicted molar refractivity (Wildman–Crippen MR) is 84.0 cm³/mol. The summed E-state index contributed by atoms with van der Waals surface area (Å²) in [5, 5.41) is 17.6. The predicted octanol–water partition coefficient (Wildman–Crippen LogP) is 3.27. The SMILES string of the molecule is Cc1cccc(-c2n[nH]c(COc3ccc([N+](=O)[O-])cc3)n2)c1. The van der Waals surface area contributed by atoms with Crippen LogP contribution in [0.25, 0.3) is 11.4 Å². The van der Waals surface area contributed by atoms with Crippen LogP contribution in [-0.2, 0) is 6.61 Å². The molecule has 2 aromatic carbocycles. The first-order valence-corrected chi connectivity index (χ1v) is 6.97. The summed E-state index contributed by atoms with van der Waals surface area (Å²) in [6.45, 7) is 2.21. The minimum atomic E-state index is -0.450. The van der Waals surface area contributed by atoms with Gasteiger partial charge in [0.2, 0.25) is 0 Å². The first-order chi connectivity index (χ1) is 11.1. The van der Waals surface area contributed by atoms with Crippen molar-refractivity contribution in [3.05, 3.63) is 70.0 Å². The number of rotatable bonds is 5. The van der Waals surface area contributed by atoms with Gasteiger partial charge in [-0.3, -0.25) is 15.2 Å². The van der Waals surface area contributed by atoms with E-state index in [0.717, 1.165) is 11.1 Å². The molecule has 0 fully saturated rings. The summed E-state index contributed by atoms with van der Waals surface area (Å²) in [5.74, 6) is 1.72. The van der Waals surface area contributed by atoms with Crippen molar-refractivity contribution in [3.63, 3.8) is 0 Å². The second-order valence-electron chi connectivity index (χ2n) is 5.01. The first-order valence-electron chi connectivity index (χ1n) is 6.97. The van der Waals surface area contributed by atoms with Crippen LogP contribution in [0.4, 0.5) is 5.69 Å². The minimum Gasteiger partial charge on any atom is -0.486 e. The van der Waals surface area contributed by atoms with E-state index in [1.54, 1.807) is 12.1 Å². The molecule has 7 nitrogen and oxygen atoms in total. The van der Waals surface area contributed by atoms with Crippen LogP contribution < -0.4 is 4.74 Å². The van der Waals surface area contributed by atoms with Crippen molar-refractivity contribution in [1.29, 1.82) is 0 Å². The lowest BCUT2D eigenvalue weighted by molar-refractivity contribution is -0.384. The molecule has 1 heterocycles. The van der Waals surface area contributed by atoms with E-state index in [1.165, 1.54) is 12.1 Å². The molecule has 3 aromatic rings. The number of aromatic amines is 1. The molecule has 1 aromatic heterocycles. The van der Waals surface area contributed by atoms with Crippen LogP contribution in [0, 0.1) is 17.0 Å². The third-order valence-corrected chi connectivity index (χ3v) is 3.23. The van der Waals surface area contributed by atoms with Crippen LogP contribution in [0.3, 0.4) is 0 Å². The highest BCUT2D eigenvalue weighted by Crippen LogP contribution is 2.19. The fourth-order valence-electron chi connectivity index (χ4n) is 2.09. The molecule has 0 spiro atoms. The number of hydrogen-bond donors (Lipinski definition) is 1. The molecule has 23 heavy (non-hydrogen) atoms. The third-order valence-electron chi connectivity index (χ3n) is 3.23. The third kappa shape index (κ3) is 3.52. The Balaban J connectivity index is 1.66. The largest absolute Gasteiger partial charge is 0.486 e. The van der Waals surface area contributed by atoms with E-state index in [4.69, 9.17) is 4.74 Å². The van der Waals surface area contributed by atoms with Crippen molar-refractivity contribution >= 4 is 5.69 Å². The topological polar surface area (TPSA) is 93.9 Å². The lowest BCUT2D eigenvalue weighted by Gasteiger charge is -2.02. The van der Waals surface area contributed by atoms with Gasteiger partial charge in [0.25, 0.3) is 5.69 Å². The Bertz CT molecular complexity index is 827. The number of aromatic nitrogens is 3. The van der Waals surface area contributed by atoms with Crippen molar-refractivity contribution in [2.24, 2.45) is 0 Å². The van der Waals surface area contributed by atoms with E-state index in [-0.39, 0.29) is 12.3 Å². The van der Waals surface area contributed by atoms with Crippen LogP contribution in [0.1, 0.15) is 11.4 Å². The molecule has 0 aliphatic rings. The van der Waals surface area contributed by atoms with E-state index in [2.05, 4.69) is 15.2 Å². The molecule has 0 amide bonds. The highest BCUT2D eigenvalue weighted by atomic mass is 16.6. The lowest BCUT2D eigenvalue weighted by atomic mass is 10.1. The molecule has 0 saturated heterocycles. The van der Waals surface area contributed by atoms with Crippen molar-refractivity contribution in [3.8, 4) is 17.1 Å². The summed E-state index contributed by atoms with van der Waals surface area (Å²) >= 11 is 0. The molecule has 0 aliphatic heterocycles. The number of nitro groups is 1. The molecule has 1 N–H and O–H groups in total. The molecule has 0 atom stereocenters. The highest BCUT2D eigenvalue weighted by Gasteiger charge is 2.08. The number of benzene rings is 2. The molecule has 116 valence electrons. The van der Waals surface area contributed by atoms with E-state index in [0.29, 0.717) is 17.4 Å². The van der Waals surface area contributed by atoms with Gasteiger partial charge in [0.05, 0.1) is 4.92 Å². The molecule has 0 unspecified atom stereocenters. The fraction of sp³-hybridized carbons (Fsp3) is 0.125. The van der Waals surface area contributed by atoms with E-state index >= 15 is 0 Å². The van der Waals surface area contributed by atoms with Gasteiger partial charge in [-0.05, 0) is 25.1 Å². The number of hydrogen-bond acceptors (Lipinski definition) is 5. The van der Waals surface area contributed by atoms with Gasteiger partial charge in [0.1, 0.15) is 12.4 Å². The second kappa shape index (κ2) is 6.27. The lowest BCUT2D eigenvalue weighted by Crippen LogP contribution is -1.98. The Morgan fingerprint density at radius 3 is 2.70 bits per heavy atom. The zero-order chi connectivity index (χ0) is 16.2. The molecule has 0 saturated carbocycles. The Hall–Kier alpha value is -3.22. The first kappa shape index (κ1) is 14.7. The molecule has 0 bridgehead atoms. The van der Waals surface area contributed by atoms with Gasteiger partial charge in [-0.2, -0.15) is 5.10 Å². The highest BCUT2D eigenvalue weighted by molar-refractivity contribution is 5.55. The maximum Gasteiger partial charge on any atom is 0.269 e. The van der Waals surface area contributed by atoms with Gasteiger partial charge in [-0.1, -0.05) is 23.8 Å². The molecule has 7 heteroatoms. The van der Waals surface area contributed by atoms with E-state index < -0.39 is 4.92 Å². The summed E-state index contributed by atoms with van der Waals surface area (Å²) in [5.41, 5.74) is 2.09. The normalized spacial score (nSPS) is 10.5. The van der Waals surface area contributed by atoms with Gasteiger partial charge in [0, 0.05) is 17.7 Å². The number of nitrogens with zero attached hydrogens (tertiary/aromatic N) is 3. The van der Waals surface area contributed by atoms with Crippen LogP contribution in [0.5, 0.6) is 5.75 Å². The standard InChI is InChI=1S/C16H14N4O3/c1-11-3-2-4-12(9-11)16-17-15(18-19-16)10-23-14-7-5-13(6-8-14)20(21)22/h2-9H,10H2,1H3,(H,17,18,19). The molecule has 3 rings (SSSR count). The maximum atomic E-state index is 10.6. The summed E-state index contributed by atoms with van der Waals surface area (Å²) < 4.78 is 5.54. The van der Waals surface area contributed by atoms with Crippen molar-refractivity contribution in [2.75, 3.05) is 0 Å². The zero-order valence-electron chi connectivity index (χ0n) is 12.4. The van der Waals surface area contributed by atoms with Crippen LogP contribution in [0.15, 0.2) is 48.5 Å². The number of H-pyrrole nitrogens is 1. The number of nitrogens with one attached hydrogen (secondary N) is 1. The van der Waals surface area contributed by atoms with Gasteiger partial charge in [-0.15, -0.1) is 0 Å². The monoisotopic (exact) mass is 310 g/mol. The van der Waals surface area contributed by atoms with E-state index in [9.17, 15) is 10.1 Å². The molecule has 0 radical (unpaired) electrons. The number of non-ortho nitro benzene ring substituents is 1. The minimum absolute atomic E-state index is 0.0266. The van der Waals surface area contributed by atoms with Crippen molar-refractivity contribution in [1.82, 2.24) is 15.2 Å². The van der Waals surface area contributed by atoms with Gasteiger partial charge < -0.3 is 4.74 Å². The molecular formula is C16H14N4O3. The Labute approximate surface area is 132 Å². The maximum absolute atomic E-state index is 10.6. The summed E-state index contributed by atoms with van der Waals surface area (Å²) in [6.07, 6.45) is 0. The molecule has 0 aliphatic carbocycles. The van der Waals surface area contributed by atoms with Gasteiger partial charge >= 0.3 is 0 Å². The fourth-order valence-corrected chi connectivity index (χ4v) is 2.09. The average molecular weight is 310 g/mol. The van der Waals surface area contributed by atoms with Crippen molar-refractivity contribution in [2.45, 2.75) is 13.5 Å². The van der Waals surface area contributed by atoms with Crippen molar-refractivity contribution < 1.29 is 9.66 Å².